The fraction of sp³-hybridized carbons (Fsp3) is 0.294. The minimum atomic E-state index is -3.40. The summed E-state index contributed by atoms with van der Waals surface area (Å²) in [5.41, 5.74) is 3.39. The molecule has 0 saturated carbocycles. The molecule has 2 N–H and O–H groups in total. The molecule has 2 aromatic carbocycles. The van der Waals surface area contributed by atoms with E-state index < -0.39 is 10.0 Å². The van der Waals surface area contributed by atoms with Gasteiger partial charge in [0.25, 0.3) is 0 Å². The van der Waals surface area contributed by atoms with E-state index in [1.165, 1.54) is 18.2 Å². The van der Waals surface area contributed by atoms with Crippen molar-refractivity contribution in [3.8, 4) is 0 Å². The maximum atomic E-state index is 11.9. The second kappa shape index (κ2) is 7.05. The maximum absolute atomic E-state index is 11.9. The van der Waals surface area contributed by atoms with E-state index in [9.17, 15) is 8.42 Å². The monoisotopic (exact) mass is 318 g/mol. The molecule has 2 aromatic rings. The van der Waals surface area contributed by atoms with Crippen molar-refractivity contribution in [3.63, 3.8) is 0 Å². The van der Waals surface area contributed by atoms with Crippen LogP contribution in [0.4, 0.5) is 0 Å². The summed E-state index contributed by atoms with van der Waals surface area (Å²) >= 11 is 0. The second-order valence-electron chi connectivity index (χ2n) is 5.37. The van der Waals surface area contributed by atoms with Crippen LogP contribution in [0.25, 0.3) is 0 Å². The number of nitrogens with one attached hydrogen (secondary N) is 2. The van der Waals surface area contributed by atoms with Gasteiger partial charge in [-0.3, -0.25) is 0 Å². The Balaban J connectivity index is 2.08. The van der Waals surface area contributed by atoms with Crippen LogP contribution >= 0.6 is 0 Å². The molecule has 0 spiro atoms. The van der Waals surface area contributed by atoms with Crippen molar-refractivity contribution in [1.29, 1.82) is 0 Å². The van der Waals surface area contributed by atoms with Crippen LogP contribution in [0.15, 0.2) is 53.4 Å². The number of sulfonamides is 1. The van der Waals surface area contributed by atoms with Crippen LogP contribution in [0.2, 0.25) is 0 Å². The third kappa shape index (κ3) is 4.16. The molecular weight excluding hydrogens is 296 g/mol. The summed E-state index contributed by atoms with van der Waals surface area (Å²) in [6.07, 6.45) is 0. The molecule has 0 radical (unpaired) electrons. The zero-order chi connectivity index (χ0) is 16.2. The van der Waals surface area contributed by atoms with Crippen LogP contribution in [-0.4, -0.2) is 15.5 Å². The molecule has 0 amide bonds. The van der Waals surface area contributed by atoms with Crippen molar-refractivity contribution in [3.05, 3.63) is 65.2 Å². The molecule has 0 bridgehead atoms. The Bertz CT molecular complexity index is 725. The molecule has 0 fully saturated rings. The normalized spacial score (nSPS) is 13.0. The van der Waals surface area contributed by atoms with Crippen molar-refractivity contribution in [2.45, 2.75) is 31.3 Å². The number of benzene rings is 2. The lowest BCUT2D eigenvalue weighted by molar-refractivity contribution is 0.571. The smallest absolute Gasteiger partial charge is 0.240 e. The Kier molecular flexibility index (Phi) is 5.34. The number of hydrogen-bond donors (Lipinski definition) is 2. The minimum Gasteiger partial charge on any atom is -0.306 e. The second-order valence-corrected chi connectivity index (χ2v) is 7.25. The third-order valence-corrected chi connectivity index (χ3v) is 5.08. The first-order valence-electron chi connectivity index (χ1n) is 7.25. The summed E-state index contributed by atoms with van der Waals surface area (Å²) in [5, 5.41) is 3.42. The maximum Gasteiger partial charge on any atom is 0.240 e. The Hall–Kier alpha value is -1.69. The lowest BCUT2D eigenvalue weighted by Crippen LogP contribution is -2.21. The van der Waals surface area contributed by atoms with Gasteiger partial charge >= 0.3 is 0 Å². The van der Waals surface area contributed by atoms with E-state index in [4.69, 9.17) is 0 Å². The summed E-state index contributed by atoms with van der Waals surface area (Å²) in [6.45, 7) is 4.83. The molecule has 22 heavy (non-hydrogen) atoms. The van der Waals surface area contributed by atoms with Gasteiger partial charge in [0.2, 0.25) is 10.0 Å². The van der Waals surface area contributed by atoms with Crippen molar-refractivity contribution >= 4 is 10.0 Å². The van der Waals surface area contributed by atoms with Crippen molar-refractivity contribution < 1.29 is 8.42 Å². The summed E-state index contributed by atoms with van der Waals surface area (Å²) < 4.78 is 26.0. The Labute approximate surface area is 132 Å². The highest BCUT2D eigenvalue weighted by molar-refractivity contribution is 7.89. The van der Waals surface area contributed by atoms with E-state index in [1.807, 2.05) is 13.0 Å². The van der Waals surface area contributed by atoms with Crippen molar-refractivity contribution in [2.24, 2.45) is 0 Å². The first-order valence-corrected chi connectivity index (χ1v) is 8.73. The van der Waals surface area contributed by atoms with E-state index in [0.29, 0.717) is 0 Å². The van der Waals surface area contributed by atoms with Gasteiger partial charge in [-0.25, -0.2) is 13.1 Å². The fourth-order valence-corrected chi connectivity index (χ4v) is 2.95. The quantitative estimate of drug-likeness (QED) is 0.861. The van der Waals surface area contributed by atoms with E-state index >= 15 is 0 Å². The average molecular weight is 318 g/mol. The predicted molar refractivity (Wildman–Crippen MR) is 89.1 cm³/mol. The highest BCUT2D eigenvalue weighted by atomic mass is 32.2. The molecule has 0 aliphatic rings. The van der Waals surface area contributed by atoms with Gasteiger partial charge in [0.05, 0.1) is 4.90 Å². The molecule has 0 aromatic heterocycles. The molecule has 0 saturated heterocycles. The highest BCUT2D eigenvalue weighted by Crippen LogP contribution is 2.18. The first kappa shape index (κ1) is 16.7. The van der Waals surface area contributed by atoms with Gasteiger partial charge in [-0.05, 0) is 44.2 Å². The third-order valence-electron chi connectivity index (χ3n) is 3.67. The van der Waals surface area contributed by atoms with Crippen LogP contribution in [0, 0.1) is 6.92 Å². The SMILES string of the molecule is CNS(=O)(=O)c1cccc([C@H](C)NCc2ccc(C)cc2)c1. The van der Waals surface area contributed by atoms with Crippen LogP contribution in [-0.2, 0) is 16.6 Å². The van der Waals surface area contributed by atoms with Gasteiger partial charge in [0.15, 0.2) is 0 Å². The average Bonchev–Trinajstić information content (AvgIpc) is 2.54. The lowest BCUT2D eigenvalue weighted by Gasteiger charge is -2.15. The van der Waals surface area contributed by atoms with Crippen molar-refractivity contribution in [1.82, 2.24) is 10.0 Å². The molecule has 1 atom stereocenters. The summed E-state index contributed by atoms with van der Waals surface area (Å²) in [5.74, 6) is 0. The van der Waals surface area contributed by atoms with Crippen LogP contribution in [0.1, 0.15) is 29.7 Å². The molecule has 0 heterocycles. The highest BCUT2D eigenvalue weighted by Gasteiger charge is 2.13. The zero-order valence-corrected chi connectivity index (χ0v) is 13.9. The van der Waals surface area contributed by atoms with Crippen LogP contribution in [0.5, 0.6) is 0 Å². The number of aryl methyl sites for hydroxylation is 1. The van der Waals surface area contributed by atoms with Gasteiger partial charge in [0.1, 0.15) is 0 Å². The minimum absolute atomic E-state index is 0.0632. The van der Waals surface area contributed by atoms with E-state index in [-0.39, 0.29) is 10.9 Å². The number of hydrogen-bond acceptors (Lipinski definition) is 3. The summed E-state index contributed by atoms with van der Waals surface area (Å²) in [7, 11) is -1.99. The van der Waals surface area contributed by atoms with Gasteiger partial charge in [-0.15, -0.1) is 0 Å². The van der Waals surface area contributed by atoms with E-state index in [2.05, 4.69) is 41.2 Å². The van der Waals surface area contributed by atoms with Gasteiger partial charge < -0.3 is 5.32 Å². The van der Waals surface area contributed by atoms with Gasteiger partial charge in [-0.1, -0.05) is 42.0 Å². The molecule has 118 valence electrons. The Morgan fingerprint density at radius 2 is 1.77 bits per heavy atom. The lowest BCUT2D eigenvalue weighted by atomic mass is 10.1. The summed E-state index contributed by atoms with van der Waals surface area (Å²) in [6, 6.07) is 15.4. The fourth-order valence-electron chi connectivity index (χ4n) is 2.16. The number of rotatable bonds is 6. The largest absolute Gasteiger partial charge is 0.306 e. The standard InChI is InChI=1S/C17H22N2O2S/c1-13-7-9-15(10-8-13)12-19-14(2)16-5-4-6-17(11-16)22(20,21)18-3/h4-11,14,18-19H,12H2,1-3H3/t14-/m0/s1. The zero-order valence-electron chi connectivity index (χ0n) is 13.1. The van der Waals surface area contributed by atoms with Crippen molar-refractivity contribution in [2.75, 3.05) is 7.05 Å². The van der Waals surface area contributed by atoms with Gasteiger partial charge in [-0.2, -0.15) is 0 Å². The Morgan fingerprint density at radius 1 is 1.09 bits per heavy atom. The summed E-state index contributed by atoms with van der Waals surface area (Å²) in [4.78, 5) is 0.288. The van der Waals surface area contributed by atoms with E-state index in [0.717, 1.165) is 12.1 Å². The molecule has 0 aliphatic heterocycles. The van der Waals surface area contributed by atoms with Crippen LogP contribution < -0.4 is 10.0 Å². The molecule has 2 rings (SSSR count). The first-order chi connectivity index (χ1) is 10.4. The molecule has 0 aliphatic carbocycles. The molecular formula is C17H22N2O2S. The molecule has 0 unspecified atom stereocenters. The topological polar surface area (TPSA) is 58.2 Å². The predicted octanol–water partition coefficient (Wildman–Crippen LogP) is 2.75. The molecule has 5 heteroatoms. The Morgan fingerprint density at radius 3 is 2.41 bits per heavy atom. The van der Waals surface area contributed by atoms with E-state index in [1.54, 1.807) is 18.2 Å². The molecule has 4 nitrogen and oxygen atoms in total. The van der Waals surface area contributed by atoms with Crippen LogP contribution in [0.3, 0.4) is 0 Å². The van der Waals surface area contributed by atoms with Gasteiger partial charge in [0, 0.05) is 12.6 Å².